The smallest absolute Gasteiger partial charge is 0.258 e. The van der Waals surface area contributed by atoms with Gasteiger partial charge in [-0.2, -0.15) is 4.98 Å². The van der Waals surface area contributed by atoms with E-state index in [1.165, 1.54) is 23.9 Å². The SMILES string of the molecule is Fc1cccc(-c2nc(CSc3nnc(-c4ccncc4)n3C3CC3)no2)c1. The molecule has 1 saturated carbocycles. The van der Waals surface area contributed by atoms with Crippen LogP contribution in [0.2, 0.25) is 0 Å². The maximum Gasteiger partial charge on any atom is 0.258 e. The molecule has 1 aliphatic carbocycles. The molecule has 0 amide bonds. The molecule has 0 bridgehead atoms. The summed E-state index contributed by atoms with van der Waals surface area (Å²) in [4.78, 5) is 8.42. The predicted molar refractivity (Wildman–Crippen MR) is 101 cm³/mol. The fraction of sp³-hybridized carbons (Fsp3) is 0.211. The molecule has 0 aliphatic heterocycles. The fourth-order valence-corrected chi connectivity index (χ4v) is 3.76. The van der Waals surface area contributed by atoms with Gasteiger partial charge in [-0.1, -0.05) is 23.0 Å². The standard InChI is InChI=1S/C19H15FN6OS/c20-14-3-1-2-13(10-14)18-22-16(25-27-18)11-28-19-24-23-17(26(19)15-4-5-15)12-6-8-21-9-7-12/h1-3,6-10,15H,4-5,11H2. The van der Waals surface area contributed by atoms with E-state index in [-0.39, 0.29) is 5.82 Å². The Kier molecular flexibility index (Phi) is 4.36. The summed E-state index contributed by atoms with van der Waals surface area (Å²) in [6, 6.07) is 10.4. The third-order valence-electron chi connectivity index (χ3n) is 4.39. The maximum absolute atomic E-state index is 13.4. The number of pyridine rings is 1. The lowest BCUT2D eigenvalue weighted by Crippen LogP contribution is -2.00. The van der Waals surface area contributed by atoms with Crippen LogP contribution in [0.3, 0.4) is 0 Å². The zero-order valence-electron chi connectivity index (χ0n) is 14.7. The second kappa shape index (κ2) is 7.16. The van der Waals surface area contributed by atoms with Crippen LogP contribution < -0.4 is 0 Å². The molecule has 0 spiro atoms. The largest absolute Gasteiger partial charge is 0.334 e. The van der Waals surface area contributed by atoms with Gasteiger partial charge in [0.05, 0.1) is 5.75 Å². The molecule has 0 radical (unpaired) electrons. The summed E-state index contributed by atoms with van der Waals surface area (Å²) in [6.07, 6.45) is 5.74. The summed E-state index contributed by atoms with van der Waals surface area (Å²) in [5.74, 6) is 1.82. The molecule has 5 rings (SSSR count). The Morgan fingerprint density at radius 2 is 1.96 bits per heavy atom. The van der Waals surface area contributed by atoms with Gasteiger partial charge in [-0.15, -0.1) is 10.2 Å². The number of hydrogen-bond donors (Lipinski definition) is 0. The van der Waals surface area contributed by atoms with Crippen LogP contribution in [0, 0.1) is 5.82 Å². The molecule has 140 valence electrons. The van der Waals surface area contributed by atoms with Crippen molar-refractivity contribution in [1.29, 1.82) is 0 Å². The van der Waals surface area contributed by atoms with Crippen LogP contribution >= 0.6 is 11.8 Å². The van der Waals surface area contributed by atoms with Gasteiger partial charge in [-0.3, -0.25) is 9.55 Å². The molecule has 4 aromatic rings. The molecule has 0 N–H and O–H groups in total. The highest BCUT2D eigenvalue weighted by Crippen LogP contribution is 2.41. The minimum absolute atomic E-state index is 0.302. The van der Waals surface area contributed by atoms with Crippen LogP contribution in [0.25, 0.3) is 22.8 Å². The Balaban J connectivity index is 1.36. The second-order valence-corrected chi connectivity index (χ2v) is 7.40. The number of rotatable bonds is 6. The number of hydrogen-bond acceptors (Lipinski definition) is 7. The van der Waals surface area contributed by atoms with Crippen molar-refractivity contribution in [3.8, 4) is 22.8 Å². The number of benzene rings is 1. The van der Waals surface area contributed by atoms with Crippen LogP contribution in [0.15, 0.2) is 58.5 Å². The number of thioether (sulfide) groups is 1. The van der Waals surface area contributed by atoms with Crippen LogP contribution in [0.4, 0.5) is 4.39 Å². The van der Waals surface area contributed by atoms with Crippen LogP contribution in [0.1, 0.15) is 24.7 Å². The number of nitrogens with zero attached hydrogens (tertiary/aromatic N) is 6. The van der Waals surface area contributed by atoms with Gasteiger partial charge in [0.15, 0.2) is 16.8 Å². The first-order chi connectivity index (χ1) is 13.8. The zero-order valence-corrected chi connectivity index (χ0v) is 15.5. The lowest BCUT2D eigenvalue weighted by Gasteiger charge is -2.07. The zero-order chi connectivity index (χ0) is 18.9. The van der Waals surface area contributed by atoms with Crippen molar-refractivity contribution in [1.82, 2.24) is 29.9 Å². The van der Waals surface area contributed by atoms with Crippen molar-refractivity contribution >= 4 is 11.8 Å². The van der Waals surface area contributed by atoms with E-state index in [0.29, 0.717) is 29.1 Å². The first-order valence-corrected chi connectivity index (χ1v) is 9.83. The monoisotopic (exact) mass is 394 g/mol. The maximum atomic E-state index is 13.4. The lowest BCUT2D eigenvalue weighted by molar-refractivity contribution is 0.425. The van der Waals surface area contributed by atoms with E-state index in [2.05, 4.69) is 29.9 Å². The summed E-state index contributed by atoms with van der Waals surface area (Å²) in [5.41, 5.74) is 1.55. The number of aromatic nitrogens is 6. The Morgan fingerprint density at radius 3 is 2.75 bits per heavy atom. The minimum Gasteiger partial charge on any atom is -0.334 e. The van der Waals surface area contributed by atoms with Gasteiger partial charge in [0.25, 0.3) is 5.89 Å². The summed E-state index contributed by atoms with van der Waals surface area (Å²) in [7, 11) is 0. The molecule has 1 fully saturated rings. The van der Waals surface area contributed by atoms with Gasteiger partial charge in [0.1, 0.15) is 5.82 Å². The van der Waals surface area contributed by atoms with Gasteiger partial charge < -0.3 is 4.52 Å². The molecule has 0 atom stereocenters. The number of halogens is 1. The van der Waals surface area contributed by atoms with E-state index < -0.39 is 0 Å². The molecule has 9 heteroatoms. The third kappa shape index (κ3) is 3.40. The predicted octanol–water partition coefficient (Wildman–Crippen LogP) is 4.16. The van der Waals surface area contributed by atoms with Crippen molar-refractivity contribution in [2.24, 2.45) is 0 Å². The van der Waals surface area contributed by atoms with Crippen molar-refractivity contribution in [3.63, 3.8) is 0 Å². The fourth-order valence-electron chi connectivity index (χ4n) is 2.92. The normalized spacial score (nSPS) is 13.8. The summed E-state index contributed by atoms with van der Waals surface area (Å²) in [6.45, 7) is 0. The highest BCUT2D eigenvalue weighted by molar-refractivity contribution is 7.98. The van der Waals surface area contributed by atoms with Gasteiger partial charge in [-0.25, -0.2) is 4.39 Å². The summed E-state index contributed by atoms with van der Waals surface area (Å²) >= 11 is 1.51. The molecule has 0 unspecified atom stereocenters. The van der Waals surface area contributed by atoms with Gasteiger partial charge >= 0.3 is 0 Å². The minimum atomic E-state index is -0.340. The molecule has 7 nitrogen and oxygen atoms in total. The van der Waals surface area contributed by atoms with Crippen molar-refractivity contribution in [2.45, 2.75) is 29.8 Å². The quantitative estimate of drug-likeness (QED) is 0.454. The third-order valence-corrected chi connectivity index (χ3v) is 5.32. The van der Waals surface area contributed by atoms with Crippen LogP contribution in [0.5, 0.6) is 0 Å². The van der Waals surface area contributed by atoms with E-state index in [0.717, 1.165) is 29.4 Å². The Bertz CT molecular complexity index is 1110. The van der Waals surface area contributed by atoms with Crippen LogP contribution in [-0.4, -0.2) is 29.9 Å². The Labute approximate surface area is 164 Å². The van der Waals surface area contributed by atoms with Crippen molar-refractivity contribution in [3.05, 3.63) is 60.4 Å². The Hall–Kier alpha value is -3.07. The molecule has 1 aromatic carbocycles. The van der Waals surface area contributed by atoms with Gasteiger partial charge in [-0.05, 0) is 43.2 Å². The van der Waals surface area contributed by atoms with Crippen molar-refractivity contribution < 1.29 is 8.91 Å². The first kappa shape index (κ1) is 17.1. The average molecular weight is 394 g/mol. The summed E-state index contributed by atoms with van der Waals surface area (Å²) in [5, 5.41) is 13.6. The Morgan fingerprint density at radius 1 is 1.11 bits per heavy atom. The van der Waals surface area contributed by atoms with E-state index in [1.54, 1.807) is 24.5 Å². The molecule has 3 aromatic heterocycles. The van der Waals surface area contributed by atoms with Gasteiger partial charge in [0, 0.05) is 29.6 Å². The van der Waals surface area contributed by atoms with E-state index in [4.69, 9.17) is 4.52 Å². The molecule has 28 heavy (non-hydrogen) atoms. The molecule has 3 heterocycles. The van der Waals surface area contributed by atoms with E-state index in [1.807, 2.05) is 12.1 Å². The molecular weight excluding hydrogens is 379 g/mol. The topological polar surface area (TPSA) is 82.5 Å². The first-order valence-electron chi connectivity index (χ1n) is 8.84. The van der Waals surface area contributed by atoms with Crippen LogP contribution in [-0.2, 0) is 5.75 Å². The molecule has 1 aliphatic rings. The lowest BCUT2D eigenvalue weighted by atomic mass is 10.2. The molecular formula is C19H15FN6OS. The van der Waals surface area contributed by atoms with E-state index in [9.17, 15) is 4.39 Å². The van der Waals surface area contributed by atoms with Crippen molar-refractivity contribution in [2.75, 3.05) is 0 Å². The molecule has 0 saturated heterocycles. The highest BCUT2D eigenvalue weighted by atomic mass is 32.2. The highest BCUT2D eigenvalue weighted by Gasteiger charge is 2.30. The summed E-state index contributed by atoms with van der Waals surface area (Å²) < 4.78 is 20.8. The van der Waals surface area contributed by atoms with E-state index >= 15 is 0 Å². The van der Waals surface area contributed by atoms with Gasteiger partial charge in [0.2, 0.25) is 0 Å². The average Bonchev–Trinajstić information content (AvgIpc) is 3.29. The second-order valence-electron chi connectivity index (χ2n) is 6.46.